The topological polar surface area (TPSA) is 105 Å². The minimum atomic E-state index is -4.48. The predicted octanol–water partition coefficient (Wildman–Crippen LogP) is 0.679. The number of carbonyl (C=O) groups is 1. The molecule has 138 valence electrons. The van der Waals surface area contributed by atoms with Gasteiger partial charge in [-0.3, -0.25) is 9.36 Å². The van der Waals surface area contributed by atoms with Crippen LogP contribution in [-0.2, 0) is 23.1 Å². The average molecular weight is 355 g/mol. The van der Waals surface area contributed by atoms with E-state index in [1.165, 1.54) is 0 Å². The van der Waals surface area contributed by atoms with Crippen molar-refractivity contribution in [3.63, 3.8) is 0 Å². The Morgan fingerprint density at radius 1 is 1.26 bits per heavy atom. The summed E-state index contributed by atoms with van der Waals surface area (Å²) in [4.78, 5) is 23.1. The number of phosphoric acid groups is 1. The van der Waals surface area contributed by atoms with Crippen LogP contribution in [0.5, 0.6) is 0 Å². The van der Waals surface area contributed by atoms with Gasteiger partial charge in [0.05, 0.1) is 34.4 Å². The van der Waals surface area contributed by atoms with Gasteiger partial charge in [0.25, 0.3) is 7.82 Å². The number of nitrogens with zero attached hydrogens (tertiary/aromatic N) is 1. The van der Waals surface area contributed by atoms with E-state index in [0.717, 1.165) is 12.8 Å². The lowest BCUT2D eigenvalue weighted by atomic mass is 10.2. The Hall–Kier alpha value is -0.500. The number of quaternary nitrogens is 1. The molecule has 23 heavy (non-hydrogen) atoms. The summed E-state index contributed by atoms with van der Waals surface area (Å²) in [5.41, 5.74) is 0. The van der Waals surface area contributed by atoms with Crippen molar-refractivity contribution in [3.8, 4) is 0 Å². The van der Waals surface area contributed by atoms with Gasteiger partial charge in [0, 0.05) is 6.42 Å². The first-order valence-corrected chi connectivity index (χ1v) is 9.26. The Balaban J connectivity index is 4.12. The van der Waals surface area contributed by atoms with Crippen LogP contribution < -0.4 is 4.89 Å². The summed E-state index contributed by atoms with van der Waals surface area (Å²) in [6.45, 7) is 1.52. The van der Waals surface area contributed by atoms with E-state index < -0.39 is 33.1 Å². The smallest absolute Gasteiger partial charge is 0.306 e. The number of phosphoric ester groups is 1. The number of rotatable bonds is 13. The molecule has 0 spiro atoms. The van der Waals surface area contributed by atoms with E-state index in [2.05, 4.69) is 4.52 Å². The summed E-state index contributed by atoms with van der Waals surface area (Å²) in [5.74, 6) is -0.479. The quantitative estimate of drug-likeness (QED) is 0.224. The SMILES string of the molecule is CCCCCC(=O)O[C@@H](CO)COP(=O)([O-])OCC[N+](C)(C)C. The second kappa shape index (κ2) is 11.1. The maximum Gasteiger partial charge on any atom is 0.306 e. The van der Waals surface area contributed by atoms with E-state index in [1.807, 2.05) is 28.1 Å². The lowest BCUT2D eigenvalue weighted by Crippen LogP contribution is -2.37. The first-order chi connectivity index (χ1) is 10.6. The molecule has 8 nitrogen and oxygen atoms in total. The highest BCUT2D eigenvalue weighted by Crippen LogP contribution is 2.38. The molecule has 0 radical (unpaired) electrons. The van der Waals surface area contributed by atoms with Crippen molar-refractivity contribution in [2.24, 2.45) is 0 Å². The molecule has 0 aliphatic rings. The molecular formula is C14H30NO7P. The molecule has 0 amide bonds. The van der Waals surface area contributed by atoms with Crippen molar-refractivity contribution in [1.29, 1.82) is 0 Å². The van der Waals surface area contributed by atoms with Gasteiger partial charge >= 0.3 is 5.97 Å². The number of unbranched alkanes of at least 4 members (excludes halogenated alkanes) is 2. The Morgan fingerprint density at radius 2 is 1.91 bits per heavy atom. The third-order valence-electron chi connectivity index (χ3n) is 2.92. The van der Waals surface area contributed by atoms with Gasteiger partial charge in [0.1, 0.15) is 19.3 Å². The normalized spacial score (nSPS) is 15.9. The fourth-order valence-corrected chi connectivity index (χ4v) is 2.25. The van der Waals surface area contributed by atoms with Crippen molar-refractivity contribution >= 4 is 13.8 Å². The summed E-state index contributed by atoms with van der Waals surface area (Å²) in [6, 6.07) is 0. The number of aliphatic hydroxyl groups is 1. The van der Waals surface area contributed by atoms with Gasteiger partial charge < -0.3 is 28.3 Å². The largest absolute Gasteiger partial charge is 0.756 e. The highest BCUT2D eigenvalue weighted by Gasteiger charge is 2.19. The standard InChI is InChI=1S/C14H30NO7P/c1-5-6-7-8-14(17)22-13(11-16)12-21-23(18,19)20-10-9-15(2,3)4/h13,16H,5-12H2,1-4H3/t13-/m0/s1. The molecule has 0 saturated carbocycles. The Morgan fingerprint density at radius 3 is 2.43 bits per heavy atom. The van der Waals surface area contributed by atoms with Gasteiger partial charge in [-0.2, -0.15) is 0 Å². The minimum absolute atomic E-state index is 0.00905. The zero-order chi connectivity index (χ0) is 17.9. The van der Waals surface area contributed by atoms with E-state index in [9.17, 15) is 14.3 Å². The zero-order valence-electron chi connectivity index (χ0n) is 14.5. The highest BCUT2D eigenvalue weighted by molar-refractivity contribution is 7.45. The third kappa shape index (κ3) is 13.6. The van der Waals surface area contributed by atoms with E-state index in [0.29, 0.717) is 17.4 Å². The van der Waals surface area contributed by atoms with Crippen molar-refractivity contribution in [1.82, 2.24) is 0 Å². The number of esters is 1. The number of hydrogen-bond acceptors (Lipinski definition) is 7. The van der Waals surface area contributed by atoms with Crippen molar-refractivity contribution < 1.29 is 37.6 Å². The number of carbonyl (C=O) groups excluding carboxylic acids is 1. The Labute approximate surface area is 138 Å². The van der Waals surface area contributed by atoms with Crippen molar-refractivity contribution in [3.05, 3.63) is 0 Å². The number of aliphatic hydroxyl groups excluding tert-OH is 1. The number of hydrogen-bond donors (Lipinski definition) is 1. The van der Waals surface area contributed by atoms with Crippen LogP contribution in [0.25, 0.3) is 0 Å². The van der Waals surface area contributed by atoms with Gasteiger partial charge in [-0.15, -0.1) is 0 Å². The van der Waals surface area contributed by atoms with E-state index in [-0.39, 0.29) is 13.0 Å². The molecule has 0 aliphatic carbocycles. The second-order valence-corrected chi connectivity index (χ2v) is 7.75. The summed E-state index contributed by atoms with van der Waals surface area (Å²) in [6.07, 6.45) is 1.80. The predicted molar refractivity (Wildman–Crippen MR) is 83.5 cm³/mol. The van der Waals surface area contributed by atoms with Crippen LogP contribution in [0, 0.1) is 0 Å². The molecule has 0 aromatic rings. The maximum atomic E-state index is 11.6. The van der Waals surface area contributed by atoms with Crippen LogP contribution in [0.15, 0.2) is 0 Å². The molecule has 0 aromatic carbocycles. The Bertz CT molecular complexity index is 384. The monoisotopic (exact) mass is 355 g/mol. The molecule has 0 heterocycles. The van der Waals surface area contributed by atoms with Crippen LogP contribution in [0.4, 0.5) is 0 Å². The van der Waals surface area contributed by atoms with E-state index in [1.54, 1.807) is 0 Å². The first-order valence-electron chi connectivity index (χ1n) is 7.80. The third-order valence-corrected chi connectivity index (χ3v) is 3.88. The van der Waals surface area contributed by atoms with E-state index in [4.69, 9.17) is 14.4 Å². The summed E-state index contributed by atoms with van der Waals surface area (Å²) in [5, 5.41) is 9.13. The molecule has 9 heteroatoms. The van der Waals surface area contributed by atoms with Crippen LogP contribution in [-0.4, -0.2) is 69.2 Å². The maximum absolute atomic E-state index is 11.6. The molecule has 1 unspecified atom stereocenters. The molecule has 0 aromatic heterocycles. The van der Waals surface area contributed by atoms with Gasteiger partial charge in [-0.05, 0) is 6.42 Å². The van der Waals surface area contributed by atoms with Gasteiger partial charge in [-0.25, -0.2) is 0 Å². The molecule has 1 N–H and O–H groups in total. The number of ether oxygens (including phenoxy) is 1. The first kappa shape index (κ1) is 22.5. The molecule has 0 fully saturated rings. The Kier molecular flexibility index (Phi) is 10.9. The molecular weight excluding hydrogens is 325 g/mol. The zero-order valence-corrected chi connectivity index (χ0v) is 15.4. The molecule has 0 bridgehead atoms. The summed E-state index contributed by atoms with van der Waals surface area (Å²) < 4.78 is 26.5. The molecule has 2 atom stereocenters. The molecule has 0 rings (SSSR count). The highest BCUT2D eigenvalue weighted by atomic mass is 31.2. The van der Waals surface area contributed by atoms with Crippen molar-refractivity contribution in [2.45, 2.75) is 38.7 Å². The minimum Gasteiger partial charge on any atom is -0.756 e. The fourth-order valence-electron chi connectivity index (χ4n) is 1.53. The number of likely N-dealkylation sites (N-methyl/N-ethyl adjacent to an activating group) is 1. The summed E-state index contributed by atoms with van der Waals surface area (Å²) >= 11 is 0. The van der Waals surface area contributed by atoms with Gasteiger partial charge in [0.2, 0.25) is 0 Å². The van der Waals surface area contributed by atoms with Crippen LogP contribution in [0.3, 0.4) is 0 Å². The van der Waals surface area contributed by atoms with Gasteiger partial charge in [0.15, 0.2) is 0 Å². The molecule has 0 aliphatic heterocycles. The average Bonchev–Trinajstić information content (AvgIpc) is 2.42. The van der Waals surface area contributed by atoms with Crippen molar-refractivity contribution in [2.75, 3.05) is 47.5 Å². The van der Waals surface area contributed by atoms with Crippen LogP contribution >= 0.6 is 7.82 Å². The molecule has 0 saturated heterocycles. The van der Waals surface area contributed by atoms with Crippen LogP contribution in [0.1, 0.15) is 32.6 Å². The van der Waals surface area contributed by atoms with E-state index >= 15 is 0 Å². The summed E-state index contributed by atoms with van der Waals surface area (Å²) in [7, 11) is 1.23. The lowest BCUT2D eigenvalue weighted by Gasteiger charge is -2.28. The fraction of sp³-hybridized carbons (Fsp3) is 0.929. The lowest BCUT2D eigenvalue weighted by molar-refractivity contribution is -0.870. The van der Waals surface area contributed by atoms with Crippen LogP contribution in [0.2, 0.25) is 0 Å². The second-order valence-electron chi connectivity index (χ2n) is 6.34. The van der Waals surface area contributed by atoms with Gasteiger partial charge in [-0.1, -0.05) is 19.8 Å².